The van der Waals surface area contributed by atoms with Gasteiger partial charge in [0.1, 0.15) is 17.6 Å². The molecule has 2 atom stereocenters. The van der Waals surface area contributed by atoms with Gasteiger partial charge in [0, 0.05) is 17.4 Å². The second-order valence-corrected chi connectivity index (χ2v) is 8.83. The van der Waals surface area contributed by atoms with Crippen LogP contribution >= 0.6 is 23.8 Å². The van der Waals surface area contributed by atoms with Crippen LogP contribution in [0.25, 0.3) is 11.3 Å². The zero-order valence-electron chi connectivity index (χ0n) is 18.1. The summed E-state index contributed by atoms with van der Waals surface area (Å²) in [5, 5.41) is 13.8. The van der Waals surface area contributed by atoms with Crippen LogP contribution in [0.1, 0.15) is 39.5 Å². The van der Waals surface area contributed by atoms with Gasteiger partial charge in [-0.2, -0.15) is 0 Å². The number of nitrogens with zero attached hydrogens (tertiary/aromatic N) is 2. The van der Waals surface area contributed by atoms with Crippen molar-refractivity contribution in [3.63, 3.8) is 0 Å². The molecule has 6 nitrogen and oxygen atoms in total. The van der Waals surface area contributed by atoms with E-state index in [2.05, 4.69) is 10.3 Å². The Morgan fingerprint density at radius 2 is 1.91 bits per heavy atom. The maximum Gasteiger partial charge on any atom is 0.335 e. The molecule has 170 valence electrons. The number of pyridine rings is 1. The molecule has 0 spiro atoms. The maximum absolute atomic E-state index is 11.5. The number of benzene rings is 2. The van der Waals surface area contributed by atoms with Crippen molar-refractivity contribution in [3.8, 4) is 11.3 Å². The highest BCUT2D eigenvalue weighted by atomic mass is 35.5. The predicted octanol–water partition coefficient (Wildman–Crippen LogP) is 6.18. The first kappa shape index (κ1) is 22.1. The van der Waals surface area contributed by atoms with Gasteiger partial charge >= 0.3 is 5.97 Å². The molecule has 0 unspecified atom stereocenters. The van der Waals surface area contributed by atoms with E-state index >= 15 is 0 Å². The van der Waals surface area contributed by atoms with E-state index in [0.29, 0.717) is 27.2 Å². The Hall–Kier alpha value is -3.68. The lowest BCUT2D eigenvalue weighted by Gasteiger charge is -2.26. The third-order valence-corrected chi connectivity index (χ3v) is 6.45. The number of halogens is 1. The third kappa shape index (κ3) is 4.04. The first-order valence-corrected chi connectivity index (χ1v) is 11.4. The van der Waals surface area contributed by atoms with E-state index in [1.54, 1.807) is 18.3 Å². The fraction of sp³-hybridized carbons (Fsp3) is 0.115. The molecule has 34 heavy (non-hydrogen) atoms. The van der Waals surface area contributed by atoms with E-state index < -0.39 is 5.97 Å². The van der Waals surface area contributed by atoms with Gasteiger partial charge in [-0.15, -0.1) is 0 Å². The van der Waals surface area contributed by atoms with Crippen LogP contribution in [0, 0.1) is 6.92 Å². The van der Waals surface area contributed by atoms with Gasteiger partial charge in [0.05, 0.1) is 22.3 Å². The summed E-state index contributed by atoms with van der Waals surface area (Å²) in [6, 6.07) is 21.5. The SMILES string of the molecule is Cc1ccc(N2C(=S)N[C@H](c3ccccn3)[C@@H]2c2ccc(-c3cc(C(=O)O)ccc3Cl)o2)cc1. The smallest absolute Gasteiger partial charge is 0.335 e. The number of rotatable bonds is 5. The zero-order chi connectivity index (χ0) is 23.8. The zero-order valence-corrected chi connectivity index (χ0v) is 19.7. The van der Waals surface area contributed by atoms with E-state index in [4.69, 9.17) is 28.2 Å². The van der Waals surface area contributed by atoms with Crippen LogP contribution in [0.4, 0.5) is 5.69 Å². The number of nitrogens with one attached hydrogen (secondary N) is 1. The molecule has 1 fully saturated rings. The molecule has 1 aliphatic heterocycles. The van der Waals surface area contributed by atoms with Crippen LogP contribution in [0.15, 0.2) is 83.4 Å². The summed E-state index contributed by atoms with van der Waals surface area (Å²) < 4.78 is 6.30. The van der Waals surface area contributed by atoms with Crippen molar-refractivity contribution in [2.45, 2.75) is 19.0 Å². The fourth-order valence-electron chi connectivity index (χ4n) is 4.13. The summed E-state index contributed by atoms with van der Waals surface area (Å²) in [5.41, 5.74) is 3.54. The highest BCUT2D eigenvalue weighted by Gasteiger charge is 2.42. The lowest BCUT2D eigenvalue weighted by Crippen LogP contribution is -2.29. The minimum absolute atomic E-state index is 0.133. The normalized spacial score (nSPS) is 17.6. The molecule has 1 saturated heterocycles. The molecule has 1 aliphatic rings. The minimum atomic E-state index is -1.03. The summed E-state index contributed by atoms with van der Waals surface area (Å²) in [7, 11) is 0. The van der Waals surface area contributed by atoms with Gasteiger partial charge in [-0.1, -0.05) is 35.4 Å². The second kappa shape index (κ2) is 8.93. The quantitative estimate of drug-likeness (QED) is 0.324. The van der Waals surface area contributed by atoms with Crippen LogP contribution in [0.5, 0.6) is 0 Å². The molecular weight excluding hydrogens is 470 g/mol. The van der Waals surface area contributed by atoms with Gasteiger partial charge in [0.2, 0.25) is 0 Å². The van der Waals surface area contributed by atoms with Crippen molar-refractivity contribution in [1.29, 1.82) is 0 Å². The summed E-state index contributed by atoms with van der Waals surface area (Å²) in [4.78, 5) is 18.0. The second-order valence-electron chi connectivity index (χ2n) is 8.03. The van der Waals surface area contributed by atoms with E-state index in [1.807, 2.05) is 60.4 Å². The van der Waals surface area contributed by atoms with Crippen LogP contribution in [0.3, 0.4) is 0 Å². The Labute approximate surface area is 206 Å². The molecule has 2 N–H and O–H groups in total. The van der Waals surface area contributed by atoms with E-state index in [1.165, 1.54) is 12.1 Å². The number of anilines is 1. The third-order valence-electron chi connectivity index (χ3n) is 5.81. The number of aryl methyl sites for hydroxylation is 1. The van der Waals surface area contributed by atoms with Gasteiger partial charge in [-0.25, -0.2) is 4.79 Å². The molecule has 3 heterocycles. The van der Waals surface area contributed by atoms with Crippen LogP contribution in [0.2, 0.25) is 5.02 Å². The molecule has 0 radical (unpaired) electrons. The van der Waals surface area contributed by atoms with Crippen molar-refractivity contribution < 1.29 is 14.3 Å². The summed E-state index contributed by atoms with van der Waals surface area (Å²) >= 11 is 12.1. The van der Waals surface area contributed by atoms with Gasteiger partial charge in [-0.05, 0) is 73.7 Å². The minimum Gasteiger partial charge on any atom is -0.478 e. The molecule has 0 amide bonds. The van der Waals surface area contributed by atoms with Gasteiger partial charge in [-0.3, -0.25) is 4.98 Å². The van der Waals surface area contributed by atoms with E-state index in [0.717, 1.165) is 16.9 Å². The summed E-state index contributed by atoms with van der Waals surface area (Å²) in [5.74, 6) is 0.0933. The van der Waals surface area contributed by atoms with Crippen molar-refractivity contribution in [2.24, 2.45) is 0 Å². The summed E-state index contributed by atoms with van der Waals surface area (Å²) in [6.45, 7) is 2.03. The lowest BCUT2D eigenvalue weighted by molar-refractivity contribution is 0.0697. The number of carboxylic acids is 1. The van der Waals surface area contributed by atoms with E-state index in [9.17, 15) is 9.90 Å². The number of aromatic carboxylic acids is 1. The van der Waals surface area contributed by atoms with Crippen molar-refractivity contribution in [3.05, 3.63) is 107 Å². The number of carbonyl (C=O) groups is 1. The Bertz CT molecular complexity index is 1370. The van der Waals surface area contributed by atoms with Crippen LogP contribution in [-0.4, -0.2) is 21.2 Å². The average Bonchev–Trinajstić information content (AvgIpc) is 3.45. The lowest BCUT2D eigenvalue weighted by atomic mass is 10.0. The molecule has 2 aromatic carbocycles. The van der Waals surface area contributed by atoms with Crippen LogP contribution < -0.4 is 10.2 Å². The van der Waals surface area contributed by atoms with Crippen molar-refractivity contribution in [2.75, 3.05) is 4.90 Å². The van der Waals surface area contributed by atoms with Gasteiger partial charge in [0.15, 0.2) is 5.11 Å². The standard InChI is InChI=1S/C26H20ClN3O3S/c1-15-5-8-17(9-6-15)30-24(23(29-26(30)34)20-4-2-3-13-28-20)22-12-11-21(33-22)18-14-16(25(31)32)7-10-19(18)27/h2-14,23-24H,1H3,(H,29,34)(H,31,32)/t23-,24+/m1/s1. The molecule has 0 aliphatic carbocycles. The first-order valence-electron chi connectivity index (χ1n) is 10.6. The largest absolute Gasteiger partial charge is 0.478 e. The first-order chi connectivity index (χ1) is 16.4. The van der Waals surface area contributed by atoms with Gasteiger partial charge in [0.25, 0.3) is 0 Å². The number of carboxylic acid groups (broad SMARTS) is 1. The van der Waals surface area contributed by atoms with Crippen LogP contribution in [-0.2, 0) is 0 Å². The number of hydrogen-bond donors (Lipinski definition) is 2. The summed E-state index contributed by atoms with van der Waals surface area (Å²) in [6.07, 6.45) is 1.75. The van der Waals surface area contributed by atoms with Crippen molar-refractivity contribution in [1.82, 2.24) is 10.3 Å². The highest BCUT2D eigenvalue weighted by molar-refractivity contribution is 7.80. The molecule has 8 heteroatoms. The maximum atomic E-state index is 11.5. The highest BCUT2D eigenvalue weighted by Crippen LogP contribution is 2.43. The topological polar surface area (TPSA) is 78.6 Å². The van der Waals surface area contributed by atoms with E-state index in [-0.39, 0.29) is 17.6 Å². The number of aromatic nitrogens is 1. The molecule has 5 rings (SSSR count). The number of hydrogen-bond acceptors (Lipinski definition) is 4. The molecule has 0 bridgehead atoms. The molecule has 0 saturated carbocycles. The molecule has 2 aromatic heterocycles. The Balaban J connectivity index is 1.61. The Morgan fingerprint density at radius 1 is 1.12 bits per heavy atom. The molecular formula is C26H20ClN3O3S. The monoisotopic (exact) mass is 489 g/mol. The fourth-order valence-corrected chi connectivity index (χ4v) is 4.69. The number of furan rings is 1. The number of thiocarbonyl (C=S) groups is 1. The Morgan fingerprint density at radius 3 is 2.62 bits per heavy atom. The van der Waals surface area contributed by atoms with Gasteiger partial charge < -0.3 is 19.7 Å². The average molecular weight is 490 g/mol. The Kier molecular flexibility index (Phi) is 5.81. The molecule has 4 aromatic rings. The van der Waals surface area contributed by atoms with Crippen molar-refractivity contribution >= 4 is 40.6 Å². The predicted molar refractivity (Wildman–Crippen MR) is 135 cm³/mol.